The third-order valence-electron chi connectivity index (χ3n) is 2.17. The lowest BCUT2D eigenvalue weighted by atomic mass is 10.1. The topological polar surface area (TPSA) is 56.7 Å². The van der Waals surface area contributed by atoms with Crippen LogP contribution in [0, 0.1) is 0 Å². The van der Waals surface area contributed by atoms with Gasteiger partial charge in [-0.2, -0.15) is 0 Å². The molecular weight excluding hydrogens is 226 g/mol. The Labute approximate surface area is 109 Å². The lowest BCUT2D eigenvalue weighted by Gasteiger charge is -2.23. The molecule has 18 heavy (non-hydrogen) atoms. The van der Waals surface area contributed by atoms with E-state index in [1.54, 1.807) is 12.1 Å². The summed E-state index contributed by atoms with van der Waals surface area (Å²) in [5.41, 5.74) is 0.959. The van der Waals surface area contributed by atoms with Crippen LogP contribution in [0.2, 0.25) is 0 Å². The van der Waals surface area contributed by atoms with E-state index in [9.17, 15) is 5.11 Å². The number of hydrogen-bond donors (Lipinski definition) is 3. The standard InChI is InChI=1S/C14H23N3O/c1-5-15-13(17-14(2,3)4)16-10-11-7-6-8-12(18)9-11/h6-9,18H,5,10H2,1-4H3,(H2,15,16,17). The molecule has 0 fully saturated rings. The highest BCUT2D eigenvalue weighted by Gasteiger charge is 2.11. The van der Waals surface area contributed by atoms with Crippen LogP contribution in [-0.2, 0) is 6.54 Å². The molecule has 100 valence electrons. The first-order chi connectivity index (χ1) is 8.40. The first-order valence-corrected chi connectivity index (χ1v) is 6.25. The number of rotatable bonds is 3. The van der Waals surface area contributed by atoms with Crippen molar-refractivity contribution in [2.75, 3.05) is 6.54 Å². The Morgan fingerprint density at radius 2 is 2.06 bits per heavy atom. The van der Waals surface area contributed by atoms with E-state index >= 15 is 0 Å². The Morgan fingerprint density at radius 3 is 2.61 bits per heavy atom. The average Bonchev–Trinajstić information content (AvgIpc) is 2.24. The van der Waals surface area contributed by atoms with E-state index in [2.05, 4.69) is 36.4 Å². The monoisotopic (exact) mass is 249 g/mol. The molecule has 0 saturated carbocycles. The Morgan fingerprint density at radius 1 is 1.33 bits per heavy atom. The van der Waals surface area contributed by atoms with Crippen LogP contribution < -0.4 is 10.6 Å². The molecule has 1 aromatic carbocycles. The fourth-order valence-corrected chi connectivity index (χ4v) is 1.49. The number of hydrogen-bond acceptors (Lipinski definition) is 2. The van der Waals surface area contributed by atoms with Crippen molar-refractivity contribution < 1.29 is 5.11 Å². The lowest BCUT2D eigenvalue weighted by Crippen LogP contribution is -2.47. The number of phenols is 1. The number of nitrogens with one attached hydrogen (secondary N) is 2. The molecule has 1 aromatic rings. The van der Waals surface area contributed by atoms with Crippen molar-refractivity contribution in [3.05, 3.63) is 29.8 Å². The highest BCUT2D eigenvalue weighted by molar-refractivity contribution is 5.80. The van der Waals surface area contributed by atoms with Gasteiger partial charge in [0, 0.05) is 12.1 Å². The molecule has 0 saturated heterocycles. The van der Waals surface area contributed by atoms with Gasteiger partial charge in [0.1, 0.15) is 5.75 Å². The molecule has 4 heteroatoms. The quantitative estimate of drug-likeness (QED) is 0.569. The van der Waals surface area contributed by atoms with Gasteiger partial charge in [-0.3, -0.25) is 0 Å². The summed E-state index contributed by atoms with van der Waals surface area (Å²) in [6.07, 6.45) is 0. The number of benzene rings is 1. The van der Waals surface area contributed by atoms with Crippen LogP contribution in [0.1, 0.15) is 33.3 Å². The number of phenolic OH excluding ortho intramolecular Hbond substituents is 1. The Bertz CT molecular complexity index is 408. The second-order valence-electron chi connectivity index (χ2n) is 5.24. The molecule has 4 nitrogen and oxygen atoms in total. The summed E-state index contributed by atoms with van der Waals surface area (Å²) in [7, 11) is 0. The summed E-state index contributed by atoms with van der Waals surface area (Å²) in [4.78, 5) is 4.49. The van der Waals surface area contributed by atoms with Crippen molar-refractivity contribution in [3.63, 3.8) is 0 Å². The van der Waals surface area contributed by atoms with Crippen LogP contribution >= 0.6 is 0 Å². The van der Waals surface area contributed by atoms with Gasteiger partial charge in [0.2, 0.25) is 0 Å². The zero-order valence-corrected chi connectivity index (χ0v) is 11.6. The average molecular weight is 249 g/mol. The highest BCUT2D eigenvalue weighted by atomic mass is 16.3. The van der Waals surface area contributed by atoms with Crippen LogP contribution in [0.4, 0.5) is 0 Å². The molecule has 0 aliphatic rings. The van der Waals surface area contributed by atoms with E-state index in [-0.39, 0.29) is 11.3 Å². The Hall–Kier alpha value is -1.71. The van der Waals surface area contributed by atoms with Crippen LogP contribution in [0.15, 0.2) is 29.3 Å². The SMILES string of the molecule is CCNC(=NCc1cccc(O)c1)NC(C)(C)C. The number of aromatic hydroxyl groups is 1. The van der Waals surface area contributed by atoms with Gasteiger partial charge in [-0.15, -0.1) is 0 Å². The van der Waals surface area contributed by atoms with Crippen molar-refractivity contribution in [3.8, 4) is 5.75 Å². The van der Waals surface area contributed by atoms with E-state index in [1.165, 1.54) is 0 Å². The molecule has 0 aliphatic carbocycles. The van der Waals surface area contributed by atoms with Gasteiger partial charge in [-0.05, 0) is 45.4 Å². The summed E-state index contributed by atoms with van der Waals surface area (Å²) in [5.74, 6) is 1.06. The number of aliphatic imine (C=N–C) groups is 1. The predicted octanol–water partition coefficient (Wildman–Crippen LogP) is 2.25. The Balaban J connectivity index is 2.71. The zero-order chi connectivity index (χ0) is 13.6. The molecule has 3 N–H and O–H groups in total. The van der Waals surface area contributed by atoms with Gasteiger partial charge in [0.05, 0.1) is 6.54 Å². The maximum atomic E-state index is 9.39. The lowest BCUT2D eigenvalue weighted by molar-refractivity contribution is 0.474. The van der Waals surface area contributed by atoms with Gasteiger partial charge >= 0.3 is 0 Å². The minimum absolute atomic E-state index is 0.0279. The molecule has 0 spiro atoms. The van der Waals surface area contributed by atoms with Crippen molar-refractivity contribution in [1.82, 2.24) is 10.6 Å². The normalized spacial score (nSPS) is 12.3. The maximum Gasteiger partial charge on any atom is 0.191 e. The van der Waals surface area contributed by atoms with Gasteiger partial charge in [0.25, 0.3) is 0 Å². The second-order valence-corrected chi connectivity index (χ2v) is 5.24. The van der Waals surface area contributed by atoms with Crippen molar-refractivity contribution in [1.29, 1.82) is 0 Å². The van der Waals surface area contributed by atoms with Crippen LogP contribution in [0.25, 0.3) is 0 Å². The van der Waals surface area contributed by atoms with E-state index in [0.29, 0.717) is 6.54 Å². The van der Waals surface area contributed by atoms with Crippen LogP contribution in [0.3, 0.4) is 0 Å². The molecule has 0 aromatic heterocycles. The van der Waals surface area contributed by atoms with E-state index < -0.39 is 0 Å². The zero-order valence-electron chi connectivity index (χ0n) is 11.6. The summed E-state index contributed by atoms with van der Waals surface area (Å²) in [6, 6.07) is 7.16. The minimum atomic E-state index is -0.0279. The largest absolute Gasteiger partial charge is 0.508 e. The van der Waals surface area contributed by atoms with Crippen molar-refractivity contribution in [2.24, 2.45) is 4.99 Å². The Kier molecular flexibility index (Phi) is 5.01. The van der Waals surface area contributed by atoms with E-state index in [4.69, 9.17) is 0 Å². The molecule has 1 rings (SSSR count). The summed E-state index contributed by atoms with van der Waals surface area (Å²) < 4.78 is 0. The van der Waals surface area contributed by atoms with Gasteiger partial charge in [-0.1, -0.05) is 12.1 Å². The van der Waals surface area contributed by atoms with Crippen molar-refractivity contribution >= 4 is 5.96 Å². The molecular formula is C14H23N3O. The fourth-order valence-electron chi connectivity index (χ4n) is 1.49. The number of nitrogens with zero attached hydrogens (tertiary/aromatic N) is 1. The summed E-state index contributed by atoms with van der Waals surface area (Å²) in [6.45, 7) is 9.67. The molecule has 0 unspecified atom stereocenters. The maximum absolute atomic E-state index is 9.39. The van der Waals surface area contributed by atoms with E-state index in [0.717, 1.165) is 18.1 Å². The van der Waals surface area contributed by atoms with Gasteiger partial charge < -0.3 is 15.7 Å². The molecule has 0 heterocycles. The highest BCUT2D eigenvalue weighted by Crippen LogP contribution is 2.11. The number of guanidine groups is 1. The first kappa shape index (κ1) is 14.4. The van der Waals surface area contributed by atoms with E-state index in [1.807, 2.05) is 19.1 Å². The van der Waals surface area contributed by atoms with Crippen molar-refractivity contribution in [2.45, 2.75) is 39.8 Å². The smallest absolute Gasteiger partial charge is 0.191 e. The minimum Gasteiger partial charge on any atom is -0.508 e. The van der Waals surface area contributed by atoms with Crippen LogP contribution in [-0.4, -0.2) is 23.1 Å². The molecule has 0 bridgehead atoms. The first-order valence-electron chi connectivity index (χ1n) is 6.25. The summed E-state index contributed by atoms with van der Waals surface area (Å²) in [5, 5.41) is 15.9. The molecule has 0 radical (unpaired) electrons. The molecule has 0 atom stereocenters. The van der Waals surface area contributed by atoms with Crippen LogP contribution in [0.5, 0.6) is 5.75 Å². The fraction of sp³-hybridized carbons (Fsp3) is 0.500. The van der Waals surface area contributed by atoms with Gasteiger partial charge in [-0.25, -0.2) is 4.99 Å². The molecule has 0 aliphatic heterocycles. The predicted molar refractivity (Wildman–Crippen MR) is 75.8 cm³/mol. The molecule has 0 amide bonds. The third-order valence-corrected chi connectivity index (χ3v) is 2.17. The second kappa shape index (κ2) is 6.28. The summed E-state index contributed by atoms with van der Waals surface area (Å²) >= 11 is 0. The van der Waals surface area contributed by atoms with Gasteiger partial charge in [0.15, 0.2) is 5.96 Å². The third kappa shape index (κ3) is 5.57.